The van der Waals surface area contributed by atoms with Crippen LogP contribution in [0.4, 0.5) is 5.69 Å². The molecule has 2 aromatic carbocycles. The van der Waals surface area contributed by atoms with Gasteiger partial charge in [0.05, 0.1) is 14.2 Å². The quantitative estimate of drug-likeness (QED) is 0.795. The maximum absolute atomic E-state index is 12.1. The Bertz CT molecular complexity index is 791. The summed E-state index contributed by atoms with van der Waals surface area (Å²) in [6.07, 6.45) is 0. The van der Waals surface area contributed by atoms with E-state index in [1.807, 2.05) is 6.92 Å². The molecule has 0 saturated carbocycles. The van der Waals surface area contributed by atoms with Gasteiger partial charge in [0, 0.05) is 16.8 Å². The van der Waals surface area contributed by atoms with Crippen LogP contribution >= 0.6 is 11.6 Å². The Morgan fingerprint density at radius 1 is 1.12 bits per heavy atom. The second-order valence-electron chi connectivity index (χ2n) is 5.15. The molecule has 0 bridgehead atoms. The summed E-state index contributed by atoms with van der Waals surface area (Å²) in [6.45, 7) is 1.58. The van der Waals surface area contributed by atoms with Crippen LogP contribution in [0.5, 0.6) is 11.5 Å². The van der Waals surface area contributed by atoms with E-state index in [4.69, 9.17) is 25.8 Å². The van der Waals surface area contributed by atoms with E-state index in [0.29, 0.717) is 16.5 Å². The summed E-state index contributed by atoms with van der Waals surface area (Å²) < 4.78 is 15.3. The van der Waals surface area contributed by atoms with Crippen molar-refractivity contribution >= 4 is 29.2 Å². The van der Waals surface area contributed by atoms with E-state index in [0.717, 1.165) is 5.56 Å². The Labute approximate surface area is 150 Å². The van der Waals surface area contributed by atoms with Gasteiger partial charge in [0.1, 0.15) is 17.1 Å². The van der Waals surface area contributed by atoms with Gasteiger partial charge in [0.25, 0.3) is 5.91 Å². The predicted octanol–water partition coefficient (Wildman–Crippen LogP) is 3.46. The van der Waals surface area contributed by atoms with Crippen molar-refractivity contribution in [3.8, 4) is 11.5 Å². The second-order valence-corrected chi connectivity index (χ2v) is 5.56. The topological polar surface area (TPSA) is 73.9 Å². The fourth-order valence-corrected chi connectivity index (χ4v) is 2.22. The molecule has 0 unspecified atom stereocenters. The zero-order chi connectivity index (χ0) is 18.4. The van der Waals surface area contributed by atoms with Gasteiger partial charge in [-0.1, -0.05) is 17.7 Å². The average Bonchev–Trinajstić information content (AvgIpc) is 2.62. The molecule has 0 aliphatic heterocycles. The first kappa shape index (κ1) is 18.6. The average molecular weight is 364 g/mol. The number of nitrogens with one attached hydrogen (secondary N) is 1. The molecule has 0 radical (unpaired) electrons. The Balaban J connectivity index is 2.07. The minimum absolute atomic E-state index is 0.197. The number of halogens is 1. The third-order valence-corrected chi connectivity index (χ3v) is 3.82. The molecule has 0 saturated heterocycles. The molecule has 25 heavy (non-hydrogen) atoms. The van der Waals surface area contributed by atoms with Crippen LogP contribution in [0.3, 0.4) is 0 Å². The van der Waals surface area contributed by atoms with Crippen LogP contribution in [0.25, 0.3) is 0 Å². The third-order valence-electron chi connectivity index (χ3n) is 3.41. The number of aryl methyl sites for hydroxylation is 1. The molecular weight excluding hydrogens is 346 g/mol. The molecule has 2 rings (SSSR count). The minimum Gasteiger partial charge on any atom is -0.497 e. The van der Waals surface area contributed by atoms with Crippen molar-refractivity contribution in [3.05, 3.63) is 52.5 Å². The maximum Gasteiger partial charge on any atom is 0.341 e. The number of hydrogen-bond donors (Lipinski definition) is 1. The molecule has 0 atom stereocenters. The number of carbonyl (C=O) groups excluding carboxylic acids is 2. The number of hydrogen-bond acceptors (Lipinski definition) is 5. The van der Waals surface area contributed by atoms with E-state index in [2.05, 4.69) is 5.32 Å². The van der Waals surface area contributed by atoms with E-state index in [1.165, 1.54) is 26.4 Å². The first-order chi connectivity index (χ1) is 11.9. The van der Waals surface area contributed by atoms with Crippen LogP contribution in [0.1, 0.15) is 15.9 Å². The van der Waals surface area contributed by atoms with Crippen molar-refractivity contribution in [1.29, 1.82) is 0 Å². The van der Waals surface area contributed by atoms with Gasteiger partial charge >= 0.3 is 5.97 Å². The molecule has 0 aromatic heterocycles. The highest BCUT2D eigenvalue weighted by molar-refractivity contribution is 6.31. The molecule has 0 aliphatic rings. The largest absolute Gasteiger partial charge is 0.497 e. The van der Waals surface area contributed by atoms with Gasteiger partial charge in [0.2, 0.25) is 0 Å². The molecule has 7 heteroatoms. The lowest BCUT2D eigenvalue weighted by Crippen LogP contribution is -2.21. The minimum atomic E-state index is -0.566. The van der Waals surface area contributed by atoms with E-state index >= 15 is 0 Å². The summed E-state index contributed by atoms with van der Waals surface area (Å²) in [5.74, 6) is -0.265. The van der Waals surface area contributed by atoms with Crippen molar-refractivity contribution in [1.82, 2.24) is 0 Å². The Morgan fingerprint density at radius 2 is 1.88 bits per heavy atom. The van der Waals surface area contributed by atoms with Gasteiger partial charge in [-0.3, -0.25) is 4.79 Å². The molecule has 0 fully saturated rings. The molecule has 2 aromatic rings. The zero-order valence-corrected chi connectivity index (χ0v) is 14.8. The first-order valence-electron chi connectivity index (χ1n) is 7.39. The van der Waals surface area contributed by atoms with Crippen LogP contribution in [0, 0.1) is 6.92 Å². The molecule has 0 heterocycles. The standard InChI is InChI=1S/C18H18ClNO5/c1-11-4-5-12(8-15(11)19)20-17(21)10-25-16-9-13(23-2)6-7-14(16)18(22)24-3/h4-9H,10H2,1-3H3,(H,20,21). The first-order valence-corrected chi connectivity index (χ1v) is 7.77. The molecular formula is C18H18ClNO5. The lowest BCUT2D eigenvalue weighted by Gasteiger charge is -2.12. The van der Waals surface area contributed by atoms with E-state index in [1.54, 1.807) is 24.3 Å². The molecule has 1 N–H and O–H groups in total. The van der Waals surface area contributed by atoms with Gasteiger partial charge in [-0.2, -0.15) is 0 Å². The van der Waals surface area contributed by atoms with Crippen molar-refractivity contribution in [2.24, 2.45) is 0 Å². The number of anilines is 1. The monoisotopic (exact) mass is 363 g/mol. The third kappa shape index (κ3) is 4.87. The smallest absolute Gasteiger partial charge is 0.341 e. The number of esters is 1. The van der Waals surface area contributed by atoms with E-state index in [-0.39, 0.29) is 17.9 Å². The van der Waals surface area contributed by atoms with Gasteiger partial charge in [-0.25, -0.2) is 4.79 Å². The van der Waals surface area contributed by atoms with Gasteiger partial charge in [-0.15, -0.1) is 0 Å². The van der Waals surface area contributed by atoms with Crippen molar-refractivity contribution in [2.45, 2.75) is 6.92 Å². The van der Waals surface area contributed by atoms with Crippen molar-refractivity contribution in [2.75, 3.05) is 26.1 Å². The predicted molar refractivity (Wildman–Crippen MR) is 94.6 cm³/mol. The summed E-state index contributed by atoms with van der Waals surface area (Å²) in [6, 6.07) is 9.83. The summed E-state index contributed by atoms with van der Waals surface area (Å²) in [5, 5.41) is 3.23. The molecule has 1 amide bonds. The van der Waals surface area contributed by atoms with Crippen molar-refractivity contribution < 1.29 is 23.8 Å². The highest BCUT2D eigenvalue weighted by Gasteiger charge is 2.15. The van der Waals surface area contributed by atoms with Crippen LogP contribution in [-0.4, -0.2) is 32.7 Å². The highest BCUT2D eigenvalue weighted by atomic mass is 35.5. The number of amides is 1. The van der Waals surface area contributed by atoms with E-state index in [9.17, 15) is 9.59 Å². The number of methoxy groups -OCH3 is 2. The summed E-state index contributed by atoms with van der Waals surface area (Å²) >= 11 is 6.03. The van der Waals surface area contributed by atoms with Gasteiger partial charge in [-0.05, 0) is 36.8 Å². The summed E-state index contributed by atoms with van der Waals surface area (Å²) in [4.78, 5) is 23.8. The molecule has 132 valence electrons. The van der Waals surface area contributed by atoms with Crippen LogP contribution in [0.2, 0.25) is 5.02 Å². The fourth-order valence-electron chi connectivity index (χ4n) is 2.04. The number of carbonyl (C=O) groups is 2. The van der Waals surface area contributed by atoms with Gasteiger partial charge < -0.3 is 19.5 Å². The fraction of sp³-hybridized carbons (Fsp3) is 0.222. The molecule has 0 spiro atoms. The normalized spacial score (nSPS) is 10.1. The second kappa shape index (κ2) is 8.39. The van der Waals surface area contributed by atoms with Crippen LogP contribution in [0.15, 0.2) is 36.4 Å². The Kier molecular flexibility index (Phi) is 6.25. The maximum atomic E-state index is 12.1. The van der Waals surface area contributed by atoms with Crippen molar-refractivity contribution in [3.63, 3.8) is 0 Å². The number of ether oxygens (including phenoxy) is 3. The zero-order valence-electron chi connectivity index (χ0n) is 14.1. The number of benzene rings is 2. The number of rotatable bonds is 6. The highest BCUT2D eigenvalue weighted by Crippen LogP contribution is 2.26. The molecule has 0 aliphatic carbocycles. The lowest BCUT2D eigenvalue weighted by atomic mass is 10.2. The Hall–Kier alpha value is -2.73. The van der Waals surface area contributed by atoms with Gasteiger partial charge in [0.15, 0.2) is 6.61 Å². The van der Waals surface area contributed by atoms with Crippen LogP contribution < -0.4 is 14.8 Å². The summed E-state index contributed by atoms with van der Waals surface area (Å²) in [7, 11) is 2.76. The van der Waals surface area contributed by atoms with Crippen LogP contribution in [-0.2, 0) is 9.53 Å². The van der Waals surface area contributed by atoms with E-state index < -0.39 is 11.9 Å². The molecule has 6 nitrogen and oxygen atoms in total. The Morgan fingerprint density at radius 3 is 2.52 bits per heavy atom. The lowest BCUT2D eigenvalue weighted by molar-refractivity contribution is -0.118. The summed E-state index contributed by atoms with van der Waals surface area (Å²) in [5.41, 5.74) is 1.67. The SMILES string of the molecule is COC(=O)c1ccc(OC)cc1OCC(=O)Nc1ccc(C)c(Cl)c1.